The predicted octanol–water partition coefficient (Wildman–Crippen LogP) is 4.30. The highest BCUT2D eigenvalue weighted by Gasteiger charge is 2.42. The highest BCUT2D eigenvalue weighted by molar-refractivity contribution is 6.33. The largest absolute Gasteiger partial charge is 0.476 e. The normalized spacial score (nSPS) is 24.4. The van der Waals surface area contributed by atoms with Crippen LogP contribution < -0.4 is 4.90 Å². The number of ether oxygens (including phenoxy) is 1. The molecule has 2 unspecified atom stereocenters. The Hall–Kier alpha value is -2.62. The molecule has 4 saturated heterocycles. The van der Waals surface area contributed by atoms with Crippen LogP contribution in [0.15, 0.2) is 30.5 Å². The molecule has 9 nitrogen and oxygen atoms in total. The number of fused-ring (bicyclic) bond motifs is 1. The fraction of sp³-hybridized carbons (Fsp3) is 0.607. The molecule has 38 heavy (non-hydrogen) atoms. The summed E-state index contributed by atoms with van der Waals surface area (Å²) >= 11 is 6.61. The van der Waals surface area contributed by atoms with Crippen LogP contribution in [-0.2, 0) is 11.3 Å². The van der Waals surface area contributed by atoms with Crippen LogP contribution in [0, 0.1) is 17.3 Å². The SMILES string of the molecule is CC.O=C(O)c1ccn(C(=O)N2CCC3(CCN(Cc4ccc(Cl)c(N5CC6COCC6C5)c4)C3)CC2)n1. The molecular weight excluding hydrogens is 506 g/mol. The zero-order valence-corrected chi connectivity index (χ0v) is 23.1. The van der Waals surface area contributed by atoms with Crippen LogP contribution in [0.3, 0.4) is 0 Å². The van der Waals surface area contributed by atoms with Gasteiger partial charge in [0.25, 0.3) is 0 Å². The fourth-order valence-electron chi connectivity index (χ4n) is 6.47. The molecule has 4 aliphatic heterocycles. The van der Waals surface area contributed by atoms with Crippen molar-refractivity contribution >= 4 is 29.3 Å². The molecule has 4 aliphatic rings. The number of amides is 1. The van der Waals surface area contributed by atoms with E-state index in [1.165, 1.54) is 17.8 Å². The number of hydrogen-bond donors (Lipinski definition) is 1. The van der Waals surface area contributed by atoms with Crippen molar-refractivity contribution in [3.05, 3.63) is 46.7 Å². The Bertz CT molecular complexity index is 1150. The predicted molar refractivity (Wildman–Crippen MR) is 146 cm³/mol. The van der Waals surface area contributed by atoms with E-state index >= 15 is 0 Å². The number of rotatable bonds is 4. The molecule has 2 aromatic rings. The number of hydrogen-bond acceptors (Lipinski definition) is 6. The van der Waals surface area contributed by atoms with E-state index in [4.69, 9.17) is 21.4 Å². The molecule has 4 fully saturated rings. The second kappa shape index (κ2) is 11.2. The standard InChI is InChI=1S/C26H32ClN5O4.C2H6/c27-21-2-1-18(11-23(21)31-13-19-15-36-16-20(19)14-31)12-29-8-4-26(17-29)5-9-30(10-6-26)25(35)32-7-3-22(28-32)24(33)34;1-2/h1-3,7,11,19-20H,4-6,8-10,12-17H2,(H,33,34);1-2H3. The number of carboxylic acids is 1. The lowest BCUT2D eigenvalue weighted by molar-refractivity contribution is 0.0689. The minimum absolute atomic E-state index is 0.116. The minimum Gasteiger partial charge on any atom is -0.476 e. The quantitative estimate of drug-likeness (QED) is 0.614. The Morgan fingerprint density at radius 1 is 1.08 bits per heavy atom. The number of carbonyl (C=O) groups is 2. The van der Waals surface area contributed by atoms with Crippen LogP contribution >= 0.6 is 11.6 Å². The summed E-state index contributed by atoms with van der Waals surface area (Å²) < 4.78 is 6.77. The lowest BCUT2D eigenvalue weighted by atomic mass is 9.78. The summed E-state index contributed by atoms with van der Waals surface area (Å²) in [5, 5.41) is 13.8. The molecule has 1 aromatic carbocycles. The van der Waals surface area contributed by atoms with Gasteiger partial charge in [-0.2, -0.15) is 9.78 Å². The lowest BCUT2D eigenvalue weighted by Crippen LogP contribution is -2.45. The number of likely N-dealkylation sites (tertiary alicyclic amines) is 2. The highest BCUT2D eigenvalue weighted by Crippen LogP contribution is 2.41. The van der Waals surface area contributed by atoms with Crippen molar-refractivity contribution in [2.24, 2.45) is 17.3 Å². The smallest absolute Gasteiger partial charge is 0.356 e. The van der Waals surface area contributed by atoms with Crippen LogP contribution in [0.4, 0.5) is 10.5 Å². The number of piperidine rings is 1. The summed E-state index contributed by atoms with van der Waals surface area (Å²) in [6.45, 7) is 12.1. The van der Waals surface area contributed by atoms with Gasteiger partial charge in [-0.3, -0.25) is 4.90 Å². The van der Waals surface area contributed by atoms with Crippen molar-refractivity contribution in [2.75, 3.05) is 57.4 Å². The van der Waals surface area contributed by atoms with Crippen LogP contribution in [0.1, 0.15) is 49.2 Å². The number of aromatic carboxylic acids is 1. The topological polar surface area (TPSA) is 91.1 Å². The van der Waals surface area contributed by atoms with Gasteiger partial charge >= 0.3 is 12.0 Å². The fourth-order valence-corrected chi connectivity index (χ4v) is 6.71. The van der Waals surface area contributed by atoms with Gasteiger partial charge in [-0.25, -0.2) is 9.59 Å². The average molecular weight is 544 g/mol. The van der Waals surface area contributed by atoms with E-state index in [0.29, 0.717) is 24.9 Å². The number of aromatic nitrogens is 2. The third kappa shape index (κ3) is 5.42. The summed E-state index contributed by atoms with van der Waals surface area (Å²) in [4.78, 5) is 30.6. The van der Waals surface area contributed by atoms with Gasteiger partial charge in [0.2, 0.25) is 0 Å². The summed E-state index contributed by atoms with van der Waals surface area (Å²) in [5.41, 5.74) is 2.55. The van der Waals surface area contributed by atoms with Crippen molar-refractivity contribution in [3.8, 4) is 0 Å². The Balaban J connectivity index is 0.00000144. The number of carboxylic acid groups (broad SMARTS) is 1. The van der Waals surface area contributed by atoms with E-state index < -0.39 is 5.97 Å². The Morgan fingerprint density at radius 3 is 2.42 bits per heavy atom. The maximum Gasteiger partial charge on any atom is 0.356 e. The van der Waals surface area contributed by atoms with E-state index in [0.717, 1.165) is 80.6 Å². The average Bonchev–Trinajstić information content (AvgIpc) is 3.71. The first-order valence-electron chi connectivity index (χ1n) is 13.8. The van der Waals surface area contributed by atoms with Crippen LogP contribution in [0.25, 0.3) is 0 Å². The zero-order valence-electron chi connectivity index (χ0n) is 22.3. The van der Waals surface area contributed by atoms with Gasteiger partial charge in [-0.1, -0.05) is 31.5 Å². The number of carbonyl (C=O) groups excluding carboxylic acids is 1. The van der Waals surface area contributed by atoms with Gasteiger partial charge in [-0.05, 0) is 55.0 Å². The third-order valence-electron chi connectivity index (χ3n) is 8.61. The number of anilines is 1. The monoisotopic (exact) mass is 543 g/mol. The highest BCUT2D eigenvalue weighted by atomic mass is 35.5. The molecular formula is C28H38ClN5O4. The maximum absolute atomic E-state index is 12.8. The molecule has 206 valence electrons. The third-order valence-corrected chi connectivity index (χ3v) is 8.93. The molecule has 1 aromatic heterocycles. The number of halogens is 1. The second-order valence-corrected chi connectivity index (χ2v) is 11.3. The van der Waals surface area contributed by atoms with Crippen LogP contribution in [0.5, 0.6) is 0 Å². The van der Waals surface area contributed by atoms with Crippen molar-refractivity contribution in [1.82, 2.24) is 19.6 Å². The molecule has 0 aliphatic carbocycles. The summed E-state index contributed by atoms with van der Waals surface area (Å²) in [5.74, 6) is 0.109. The lowest BCUT2D eigenvalue weighted by Gasteiger charge is -2.39. The molecule has 0 saturated carbocycles. The molecule has 5 heterocycles. The van der Waals surface area contributed by atoms with Crippen molar-refractivity contribution in [1.29, 1.82) is 0 Å². The van der Waals surface area contributed by atoms with Crippen LogP contribution in [0.2, 0.25) is 5.02 Å². The molecule has 1 N–H and O–H groups in total. The second-order valence-electron chi connectivity index (χ2n) is 10.9. The maximum atomic E-state index is 12.8. The van der Waals surface area contributed by atoms with E-state index in [2.05, 4.69) is 27.0 Å². The van der Waals surface area contributed by atoms with Gasteiger partial charge in [0, 0.05) is 57.3 Å². The Morgan fingerprint density at radius 2 is 1.76 bits per heavy atom. The Labute approximate surface area is 229 Å². The van der Waals surface area contributed by atoms with Crippen molar-refractivity contribution < 1.29 is 19.4 Å². The summed E-state index contributed by atoms with van der Waals surface area (Å²) in [6.07, 6.45) is 4.46. The van der Waals surface area contributed by atoms with Crippen LogP contribution in [-0.4, -0.2) is 89.2 Å². The first-order valence-corrected chi connectivity index (χ1v) is 14.2. The van der Waals surface area contributed by atoms with Gasteiger partial charge in [0.15, 0.2) is 5.69 Å². The molecule has 1 amide bonds. The summed E-state index contributed by atoms with van der Waals surface area (Å²) in [7, 11) is 0. The van der Waals surface area contributed by atoms with Gasteiger partial charge in [-0.15, -0.1) is 0 Å². The first-order chi connectivity index (χ1) is 18.4. The van der Waals surface area contributed by atoms with Gasteiger partial charge in [0.05, 0.1) is 23.9 Å². The minimum atomic E-state index is -1.13. The Kier molecular flexibility index (Phi) is 7.98. The van der Waals surface area contributed by atoms with Gasteiger partial charge < -0.3 is 19.6 Å². The van der Waals surface area contributed by atoms with Gasteiger partial charge in [0.1, 0.15) is 0 Å². The molecule has 10 heteroatoms. The molecule has 1 spiro atoms. The van der Waals surface area contributed by atoms with Crippen molar-refractivity contribution in [2.45, 2.75) is 39.7 Å². The molecule has 0 radical (unpaired) electrons. The summed E-state index contributed by atoms with van der Waals surface area (Å²) in [6, 6.07) is 7.56. The number of benzene rings is 1. The number of nitrogens with zero attached hydrogens (tertiary/aromatic N) is 5. The van der Waals surface area contributed by atoms with E-state index in [9.17, 15) is 9.59 Å². The van der Waals surface area contributed by atoms with E-state index in [1.54, 1.807) is 4.90 Å². The molecule has 6 rings (SSSR count). The first kappa shape index (κ1) is 27.0. The molecule has 2 atom stereocenters. The zero-order chi connectivity index (χ0) is 26.9. The van der Waals surface area contributed by atoms with E-state index in [1.807, 2.05) is 19.9 Å². The molecule has 0 bridgehead atoms. The van der Waals surface area contributed by atoms with E-state index in [-0.39, 0.29) is 17.1 Å². The van der Waals surface area contributed by atoms with Crippen molar-refractivity contribution in [3.63, 3.8) is 0 Å².